The number of fused-ring (bicyclic) bond motifs is 2. The van der Waals surface area contributed by atoms with E-state index in [2.05, 4.69) is 67.3 Å². The molecular formula is C25H35N2Se2+. The van der Waals surface area contributed by atoms with Crippen molar-refractivity contribution in [2.75, 3.05) is 18.0 Å². The molecule has 2 aromatic rings. The van der Waals surface area contributed by atoms with Crippen LogP contribution in [0.4, 0.5) is 11.4 Å². The maximum atomic E-state index is 2.66. The van der Waals surface area contributed by atoms with Gasteiger partial charge >= 0.3 is 190 Å². The Balaban J connectivity index is 1.13. The normalized spacial score (nSPS) is 22.7. The van der Waals surface area contributed by atoms with E-state index < -0.39 is 0 Å². The number of nitrogens with one attached hydrogen (secondary N) is 1. The predicted molar refractivity (Wildman–Crippen MR) is 128 cm³/mol. The Labute approximate surface area is 189 Å². The third-order valence-corrected chi connectivity index (χ3v) is 12.1. The molecule has 29 heavy (non-hydrogen) atoms. The fraction of sp³-hybridized carbons (Fsp3) is 0.520. The van der Waals surface area contributed by atoms with Gasteiger partial charge in [0.15, 0.2) is 0 Å². The van der Waals surface area contributed by atoms with Crippen LogP contribution in [0.15, 0.2) is 48.5 Å². The van der Waals surface area contributed by atoms with Gasteiger partial charge in [0.2, 0.25) is 0 Å². The zero-order valence-corrected chi connectivity index (χ0v) is 21.3. The molecule has 0 spiro atoms. The van der Waals surface area contributed by atoms with Gasteiger partial charge in [0, 0.05) is 0 Å². The second-order valence-corrected chi connectivity index (χ2v) is 13.3. The van der Waals surface area contributed by atoms with Crippen molar-refractivity contribution in [3.63, 3.8) is 0 Å². The number of para-hydroxylation sites is 2. The molecule has 0 saturated heterocycles. The summed E-state index contributed by atoms with van der Waals surface area (Å²) in [6.45, 7) is 7.06. The first-order valence-electron chi connectivity index (χ1n) is 11.5. The molecule has 0 amide bonds. The second-order valence-electron chi connectivity index (χ2n) is 8.15. The number of quaternary nitrogens is 1. The molecule has 0 bridgehead atoms. The minimum absolute atomic E-state index is 0.637. The first-order chi connectivity index (χ1) is 14.3. The summed E-state index contributed by atoms with van der Waals surface area (Å²) in [7, 11) is 0. The van der Waals surface area contributed by atoms with E-state index in [9.17, 15) is 0 Å². The van der Waals surface area contributed by atoms with Gasteiger partial charge in [0.1, 0.15) is 0 Å². The van der Waals surface area contributed by atoms with Crippen LogP contribution in [-0.4, -0.2) is 52.9 Å². The molecule has 2 nitrogen and oxygen atoms in total. The number of hydrogen-bond donors (Lipinski definition) is 1. The first-order valence-corrected chi connectivity index (χ1v) is 15.1. The molecule has 0 radical (unpaired) electrons. The van der Waals surface area contributed by atoms with Crippen molar-refractivity contribution in [1.82, 2.24) is 0 Å². The standard InChI is InChI=1S/C25H34N2Se2/c1-3-26-20-14-10-12-16-22(20)28-24(26)18-8-6-5-7-9-19-25-27(4-2)21-15-11-13-17-23(21)29-25/h10-17,24-25H,3-9,18-19H2,1-2H3/p+1. The van der Waals surface area contributed by atoms with E-state index >= 15 is 0 Å². The Morgan fingerprint density at radius 1 is 0.793 bits per heavy atom. The molecule has 4 heteroatoms. The van der Waals surface area contributed by atoms with Gasteiger partial charge in [0.05, 0.1) is 0 Å². The molecule has 3 atom stereocenters. The number of nitrogens with zero attached hydrogens (tertiary/aromatic N) is 1. The number of benzene rings is 2. The predicted octanol–water partition coefficient (Wildman–Crippen LogP) is 2.82. The molecule has 0 saturated carbocycles. The van der Waals surface area contributed by atoms with E-state index in [0.29, 0.717) is 29.9 Å². The molecule has 2 aliphatic rings. The minimum atomic E-state index is 0.637. The summed E-state index contributed by atoms with van der Waals surface area (Å²) in [5.41, 5.74) is 3.11. The van der Waals surface area contributed by atoms with Gasteiger partial charge in [-0.1, -0.05) is 0 Å². The topological polar surface area (TPSA) is 7.68 Å². The molecular weight excluding hydrogens is 486 g/mol. The summed E-state index contributed by atoms with van der Waals surface area (Å²) in [5, 5.41) is 0. The summed E-state index contributed by atoms with van der Waals surface area (Å²) in [4.78, 5) is 6.09. The molecule has 2 aromatic carbocycles. The van der Waals surface area contributed by atoms with Gasteiger partial charge in [-0.15, -0.1) is 0 Å². The Bertz CT molecular complexity index is 728. The summed E-state index contributed by atoms with van der Waals surface area (Å²) in [5.74, 6) is 0. The van der Waals surface area contributed by atoms with Crippen LogP contribution in [0, 0.1) is 0 Å². The second kappa shape index (κ2) is 10.5. The van der Waals surface area contributed by atoms with Crippen molar-refractivity contribution in [3.05, 3.63) is 48.5 Å². The van der Waals surface area contributed by atoms with Crippen LogP contribution in [0.2, 0.25) is 0 Å². The van der Waals surface area contributed by atoms with Crippen LogP contribution < -0.4 is 18.7 Å². The number of hydrogen-bond acceptors (Lipinski definition) is 1. The maximum absolute atomic E-state index is 2.66. The van der Waals surface area contributed by atoms with Crippen molar-refractivity contribution in [1.29, 1.82) is 0 Å². The third-order valence-electron chi connectivity index (χ3n) is 6.32. The summed E-state index contributed by atoms with van der Waals surface area (Å²) < 4.78 is 3.27. The van der Waals surface area contributed by atoms with Crippen LogP contribution in [0.3, 0.4) is 0 Å². The van der Waals surface area contributed by atoms with E-state index in [0.717, 1.165) is 16.4 Å². The zero-order valence-electron chi connectivity index (χ0n) is 17.9. The average Bonchev–Trinajstić information content (AvgIpc) is 3.29. The van der Waals surface area contributed by atoms with Gasteiger partial charge < -0.3 is 0 Å². The van der Waals surface area contributed by atoms with Crippen LogP contribution in [-0.2, 0) is 0 Å². The third kappa shape index (κ3) is 4.94. The molecule has 2 heterocycles. The SMILES string of the molecule is CCN1c2ccccc2[Se]C1CCCCCCCC1[Se]c2ccccc2[NH+]1CC. The Hall–Kier alpha value is -0.761. The van der Waals surface area contributed by atoms with Crippen molar-refractivity contribution in [2.45, 2.75) is 68.7 Å². The van der Waals surface area contributed by atoms with Crippen molar-refractivity contribution >= 4 is 50.2 Å². The van der Waals surface area contributed by atoms with Crippen molar-refractivity contribution in [3.8, 4) is 0 Å². The van der Waals surface area contributed by atoms with Gasteiger partial charge in [-0.25, -0.2) is 0 Å². The van der Waals surface area contributed by atoms with Crippen molar-refractivity contribution < 1.29 is 4.90 Å². The first kappa shape index (κ1) is 21.5. The number of anilines is 1. The molecule has 1 N–H and O–H groups in total. The Morgan fingerprint density at radius 3 is 2.28 bits per heavy atom. The molecule has 156 valence electrons. The fourth-order valence-electron chi connectivity index (χ4n) is 4.81. The molecule has 3 unspecified atom stereocenters. The van der Waals surface area contributed by atoms with Gasteiger partial charge in [-0.3, -0.25) is 0 Å². The van der Waals surface area contributed by atoms with E-state index in [1.807, 2.05) is 0 Å². The van der Waals surface area contributed by atoms with Crippen LogP contribution in [0.5, 0.6) is 0 Å². The molecule has 4 rings (SSSR count). The van der Waals surface area contributed by atoms with E-state index in [1.165, 1.54) is 57.2 Å². The molecule has 0 fully saturated rings. The average molecular weight is 521 g/mol. The monoisotopic (exact) mass is 523 g/mol. The summed E-state index contributed by atoms with van der Waals surface area (Å²) >= 11 is 1.31. The zero-order chi connectivity index (χ0) is 20.1. The number of unbranched alkanes of at least 4 members (excludes halogenated alkanes) is 4. The van der Waals surface area contributed by atoms with Gasteiger partial charge in [-0.2, -0.15) is 0 Å². The summed E-state index contributed by atoms with van der Waals surface area (Å²) in [6.07, 6.45) is 9.90. The molecule has 0 aliphatic carbocycles. The van der Waals surface area contributed by atoms with Crippen LogP contribution >= 0.6 is 0 Å². The van der Waals surface area contributed by atoms with Crippen molar-refractivity contribution in [2.24, 2.45) is 0 Å². The van der Waals surface area contributed by atoms with Crippen LogP contribution in [0.25, 0.3) is 0 Å². The van der Waals surface area contributed by atoms with E-state index in [1.54, 1.807) is 19.5 Å². The Kier molecular flexibility index (Phi) is 7.78. The quantitative estimate of drug-likeness (QED) is 0.374. The Morgan fingerprint density at radius 2 is 1.48 bits per heavy atom. The van der Waals surface area contributed by atoms with E-state index in [4.69, 9.17) is 0 Å². The molecule has 2 aliphatic heterocycles. The van der Waals surface area contributed by atoms with Gasteiger partial charge in [0.25, 0.3) is 0 Å². The number of rotatable bonds is 10. The summed E-state index contributed by atoms with van der Waals surface area (Å²) in [6, 6.07) is 18.3. The fourth-order valence-corrected chi connectivity index (χ4v) is 11.0. The van der Waals surface area contributed by atoms with Gasteiger partial charge in [-0.05, 0) is 0 Å². The molecule has 0 aromatic heterocycles. The van der Waals surface area contributed by atoms with Crippen LogP contribution in [0.1, 0.15) is 58.8 Å². The van der Waals surface area contributed by atoms with E-state index in [-0.39, 0.29) is 0 Å².